The van der Waals surface area contributed by atoms with Crippen LogP contribution in [0.15, 0.2) is 18.2 Å². The lowest BCUT2D eigenvalue weighted by molar-refractivity contribution is 0.629. The van der Waals surface area contributed by atoms with Crippen molar-refractivity contribution in [2.75, 3.05) is 6.54 Å². The van der Waals surface area contributed by atoms with Crippen LogP contribution in [0.1, 0.15) is 37.5 Å². The molecule has 1 fully saturated rings. The van der Waals surface area contributed by atoms with E-state index < -0.39 is 0 Å². The Kier molecular flexibility index (Phi) is 2.60. The Bertz CT molecular complexity index is 557. The Hall–Kier alpha value is -1.06. The summed E-state index contributed by atoms with van der Waals surface area (Å²) in [5.41, 5.74) is 7.94. The monoisotopic (exact) mass is 249 g/mol. The van der Waals surface area contributed by atoms with Crippen molar-refractivity contribution in [3.63, 3.8) is 0 Å². The number of hydrogen-bond donors (Lipinski definition) is 1. The number of nitrogens with two attached hydrogens (primary N) is 1. The van der Waals surface area contributed by atoms with Gasteiger partial charge >= 0.3 is 0 Å². The molecule has 3 rings (SSSR count). The number of benzene rings is 1. The molecule has 1 unspecified atom stereocenters. The molecule has 1 heterocycles. The molecule has 0 radical (unpaired) electrons. The van der Waals surface area contributed by atoms with Gasteiger partial charge in [0.1, 0.15) is 5.82 Å². The van der Waals surface area contributed by atoms with Crippen LogP contribution in [0.2, 0.25) is 5.02 Å². The minimum atomic E-state index is 0.293. The summed E-state index contributed by atoms with van der Waals surface area (Å²) in [5.74, 6) is 1.40. The number of nitrogens with zero attached hydrogens (tertiary/aromatic N) is 2. The highest BCUT2D eigenvalue weighted by Crippen LogP contribution is 2.40. The predicted molar refractivity (Wildman–Crippen MR) is 70.5 cm³/mol. The number of imidazole rings is 1. The fraction of sp³-hybridized carbons (Fsp3) is 0.462. The fourth-order valence-corrected chi connectivity index (χ4v) is 2.42. The first-order chi connectivity index (χ1) is 8.20. The molecule has 1 aliphatic rings. The summed E-state index contributed by atoms with van der Waals surface area (Å²) >= 11 is 6.07. The van der Waals surface area contributed by atoms with Crippen LogP contribution in [-0.4, -0.2) is 16.1 Å². The molecule has 1 aromatic carbocycles. The van der Waals surface area contributed by atoms with Gasteiger partial charge in [-0.05, 0) is 31.0 Å². The highest BCUT2D eigenvalue weighted by atomic mass is 35.5. The van der Waals surface area contributed by atoms with Gasteiger partial charge in [-0.15, -0.1) is 0 Å². The van der Waals surface area contributed by atoms with Crippen LogP contribution in [0.4, 0.5) is 0 Å². The molecule has 0 spiro atoms. The van der Waals surface area contributed by atoms with E-state index in [0.717, 1.165) is 21.9 Å². The summed E-state index contributed by atoms with van der Waals surface area (Å²) in [5, 5.41) is 0.770. The lowest BCUT2D eigenvalue weighted by Crippen LogP contribution is -2.14. The highest BCUT2D eigenvalue weighted by molar-refractivity contribution is 6.31. The molecule has 90 valence electrons. The van der Waals surface area contributed by atoms with Crippen molar-refractivity contribution in [1.82, 2.24) is 9.55 Å². The summed E-state index contributed by atoms with van der Waals surface area (Å²) in [4.78, 5) is 4.71. The van der Waals surface area contributed by atoms with Gasteiger partial charge in [0, 0.05) is 23.5 Å². The van der Waals surface area contributed by atoms with Crippen LogP contribution in [0.3, 0.4) is 0 Å². The van der Waals surface area contributed by atoms with Gasteiger partial charge in [-0.2, -0.15) is 0 Å². The smallest absolute Gasteiger partial charge is 0.114 e. The quantitative estimate of drug-likeness (QED) is 0.909. The number of rotatable bonds is 3. The van der Waals surface area contributed by atoms with E-state index in [2.05, 4.69) is 11.5 Å². The fourth-order valence-electron chi connectivity index (χ4n) is 2.25. The van der Waals surface area contributed by atoms with E-state index in [4.69, 9.17) is 22.3 Å². The van der Waals surface area contributed by atoms with Crippen LogP contribution in [0, 0.1) is 0 Å². The van der Waals surface area contributed by atoms with E-state index in [9.17, 15) is 0 Å². The average molecular weight is 250 g/mol. The van der Waals surface area contributed by atoms with Crippen molar-refractivity contribution >= 4 is 22.6 Å². The lowest BCUT2D eigenvalue weighted by atomic mass is 10.1. The van der Waals surface area contributed by atoms with Crippen LogP contribution >= 0.6 is 11.6 Å². The molecular weight excluding hydrogens is 234 g/mol. The molecule has 1 aromatic heterocycles. The maximum Gasteiger partial charge on any atom is 0.114 e. The Balaban J connectivity index is 2.23. The van der Waals surface area contributed by atoms with Crippen LogP contribution in [0.25, 0.3) is 11.0 Å². The molecule has 2 aromatic rings. The van der Waals surface area contributed by atoms with Crippen LogP contribution < -0.4 is 5.73 Å². The zero-order valence-electron chi connectivity index (χ0n) is 9.86. The van der Waals surface area contributed by atoms with E-state index in [1.807, 2.05) is 18.2 Å². The number of halogens is 1. The Morgan fingerprint density at radius 1 is 1.53 bits per heavy atom. The van der Waals surface area contributed by atoms with Crippen molar-refractivity contribution in [2.24, 2.45) is 5.73 Å². The normalized spacial score (nSPS) is 17.6. The first kappa shape index (κ1) is 11.1. The molecule has 2 N–H and O–H groups in total. The third kappa shape index (κ3) is 1.83. The van der Waals surface area contributed by atoms with Gasteiger partial charge in [0.05, 0.1) is 11.0 Å². The van der Waals surface area contributed by atoms with Gasteiger partial charge in [-0.3, -0.25) is 0 Å². The molecule has 0 bridgehead atoms. The second-order valence-corrected chi connectivity index (χ2v) is 5.28. The predicted octanol–water partition coefficient (Wildman–Crippen LogP) is 3.09. The maximum atomic E-state index is 6.07. The third-order valence-corrected chi connectivity index (χ3v) is 3.62. The van der Waals surface area contributed by atoms with E-state index in [1.165, 1.54) is 12.8 Å². The zero-order chi connectivity index (χ0) is 12.0. The van der Waals surface area contributed by atoms with E-state index in [-0.39, 0.29) is 0 Å². The second-order valence-electron chi connectivity index (χ2n) is 4.84. The SMILES string of the molecule is CC(CN)c1nc2ccc(Cl)cc2n1C1CC1. The molecule has 0 saturated heterocycles. The minimum Gasteiger partial charge on any atom is -0.330 e. The zero-order valence-corrected chi connectivity index (χ0v) is 10.6. The summed E-state index contributed by atoms with van der Waals surface area (Å²) in [6, 6.07) is 6.49. The van der Waals surface area contributed by atoms with Gasteiger partial charge in [0.2, 0.25) is 0 Å². The minimum absolute atomic E-state index is 0.293. The van der Waals surface area contributed by atoms with Gasteiger partial charge in [-0.1, -0.05) is 18.5 Å². The van der Waals surface area contributed by atoms with Crippen LogP contribution in [-0.2, 0) is 0 Å². The average Bonchev–Trinajstić information content (AvgIpc) is 3.09. The summed E-state index contributed by atoms with van der Waals surface area (Å²) < 4.78 is 2.33. The topological polar surface area (TPSA) is 43.8 Å². The molecule has 0 aliphatic heterocycles. The molecule has 1 atom stereocenters. The number of aromatic nitrogens is 2. The standard InChI is InChI=1S/C13H16ClN3/c1-8(7-15)13-16-11-5-2-9(14)6-12(11)17(13)10-3-4-10/h2,5-6,8,10H,3-4,7,15H2,1H3. The van der Waals surface area contributed by atoms with Gasteiger partial charge in [0.25, 0.3) is 0 Å². The van der Waals surface area contributed by atoms with Crippen molar-refractivity contribution in [3.05, 3.63) is 29.0 Å². The molecule has 0 amide bonds. The summed E-state index contributed by atoms with van der Waals surface area (Å²) in [7, 11) is 0. The highest BCUT2D eigenvalue weighted by Gasteiger charge is 2.29. The van der Waals surface area contributed by atoms with Gasteiger partial charge in [0.15, 0.2) is 0 Å². The van der Waals surface area contributed by atoms with Crippen molar-refractivity contribution < 1.29 is 0 Å². The Morgan fingerprint density at radius 2 is 2.29 bits per heavy atom. The molecule has 1 aliphatic carbocycles. The van der Waals surface area contributed by atoms with E-state index in [0.29, 0.717) is 18.5 Å². The van der Waals surface area contributed by atoms with Crippen LogP contribution in [0.5, 0.6) is 0 Å². The summed E-state index contributed by atoms with van der Waals surface area (Å²) in [6.07, 6.45) is 2.48. The lowest BCUT2D eigenvalue weighted by Gasteiger charge is -2.12. The van der Waals surface area contributed by atoms with Gasteiger partial charge in [-0.25, -0.2) is 4.98 Å². The van der Waals surface area contributed by atoms with Gasteiger partial charge < -0.3 is 10.3 Å². The Labute approximate surface area is 106 Å². The first-order valence-electron chi connectivity index (χ1n) is 6.08. The third-order valence-electron chi connectivity index (χ3n) is 3.39. The Morgan fingerprint density at radius 3 is 2.94 bits per heavy atom. The maximum absolute atomic E-state index is 6.07. The van der Waals surface area contributed by atoms with E-state index in [1.54, 1.807) is 0 Å². The van der Waals surface area contributed by atoms with Crippen molar-refractivity contribution in [2.45, 2.75) is 31.7 Å². The van der Waals surface area contributed by atoms with Crippen molar-refractivity contribution in [3.8, 4) is 0 Å². The molecular formula is C13H16ClN3. The molecule has 17 heavy (non-hydrogen) atoms. The largest absolute Gasteiger partial charge is 0.330 e. The molecule has 4 heteroatoms. The molecule has 3 nitrogen and oxygen atoms in total. The molecule has 1 saturated carbocycles. The second kappa shape index (κ2) is 4.00. The summed E-state index contributed by atoms with van der Waals surface area (Å²) in [6.45, 7) is 2.76. The number of fused-ring (bicyclic) bond motifs is 1. The first-order valence-corrected chi connectivity index (χ1v) is 6.46. The number of hydrogen-bond acceptors (Lipinski definition) is 2. The van der Waals surface area contributed by atoms with E-state index >= 15 is 0 Å². The van der Waals surface area contributed by atoms with Crippen molar-refractivity contribution in [1.29, 1.82) is 0 Å².